The van der Waals surface area contributed by atoms with Crippen molar-refractivity contribution in [2.75, 3.05) is 12.4 Å². The topological polar surface area (TPSA) is 45.0 Å². The molecular formula is C16H16N2O. The monoisotopic (exact) mass is 252 g/mol. The Morgan fingerprint density at radius 1 is 1.21 bits per heavy atom. The van der Waals surface area contributed by atoms with Gasteiger partial charge in [0.2, 0.25) is 0 Å². The van der Waals surface area contributed by atoms with Crippen LogP contribution >= 0.6 is 0 Å². The van der Waals surface area contributed by atoms with Gasteiger partial charge in [-0.05, 0) is 25.1 Å². The van der Waals surface area contributed by atoms with Gasteiger partial charge in [-0.2, -0.15) is 5.26 Å². The third kappa shape index (κ3) is 3.05. The summed E-state index contributed by atoms with van der Waals surface area (Å²) in [6.45, 7) is 2.68. The van der Waals surface area contributed by atoms with Crippen molar-refractivity contribution in [2.24, 2.45) is 0 Å². The van der Waals surface area contributed by atoms with Gasteiger partial charge in [0.25, 0.3) is 0 Å². The maximum atomic E-state index is 9.05. The van der Waals surface area contributed by atoms with E-state index < -0.39 is 0 Å². The fourth-order valence-electron chi connectivity index (χ4n) is 1.97. The second-order valence-electron chi connectivity index (χ2n) is 4.33. The van der Waals surface area contributed by atoms with E-state index in [1.165, 1.54) is 5.56 Å². The average molecular weight is 252 g/mol. The number of anilines is 1. The molecule has 0 bridgehead atoms. The van der Waals surface area contributed by atoms with Gasteiger partial charge in [-0.25, -0.2) is 0 Å². The molecule has 3 nitrogen and oxygen atoms in total. The zero-order valence-corrected chi connectivity index (χ0v) is 11.1. The molecule has 0 fully saturated rings. The molecule has 0 aliphatic rings. The molecular weight excluding hydrogens is 236 g/mol. The van der Waals surface area contributed by atoms with Gasteiger partial charge in [0, 0.05) is 12.1 Å². The molecule has 2 aromatic carbocycles. The van der Waals surface area contributed by atoms with Crippen LogP contribution in [0.2, 0.25) is 0 Å². The summed E-state index contributed by atoms with van der Waals surface area (Å²) in [6, 6.07) is 15.7. The van der Waals surface area contributed by atoms with Crippen LogP contribution in [0.1, 0.15) is 16.7 Å². The minimum Gasteiger partial charge on any atom is -0.496 e. The van der Waals surface area contributed by atoms with Crippen molar-refractivity contribution in [3.63, 3.8) is 0 Å². The maximum Gasteiger partial charge on any atom is 0.123 e. The van der Waals surface area contributed by atoms with E-state index in [1.807, 2.05) is 37.3 Å². The van der Waals surface area contributed by atoms with Crippen molar-refractivity contribution in [3.05, 3.63) is 59.2 Å². The van der Waals surface area contributed by atoms with Crippen LogP contribution < -0.4 is 10.1 Å². The molecule has 0 spiro atoms. The number of hydrogen-bond donors (Lipinski definition) is 1. The molecule has 96 valence electrons. The average Bonchev–Trinajstić information content (AvgIpc) is 2.45. The zero-order chi connectivity index (χ0) is 13.7. The van der Waals surface area contributed by atoms with Gasteiger partial charge in [0.15, 0.2) is 0 Å². The van der Waals surface area contributed by atoms with Crippen LogP contribution in [-0.2, 0) is 6.54 Å². The van der Waals surface area contributed by atoms with Crippen LogP contribution in [-0.4, -0.2) is 7.11 Å². The van der Waals surface area contributed by atoms with E-state index in [0.717, 1.165) is 17.0 Å². The number of nitrogens with zero attached hydrogens (tertiary/aromatic N) is 1. The third-order valence-corrected chi connectivity index (χ3v) is 2.95. The molecule has 0 heterocycles. The smallest absolute Gasteiger partial charge is 0.123 e. The second-order valence-corrected chi connectivity index (χ2v) is 4.33. The molecule has 0 radical (unpaired) electrons. The fraction of sp³-hybridized carbons (Fsp3) is 0.188. The van der Waals surface area contributed by atoms with Crippen LogP contribution in [0.3, 0.4) is 0 Å². The molecule has 0 amide bonds. The highest BCUT2D eigenvalue weighted by molar-refractivity contribution is 5.57. The molecule has 3 heteroatoms. The van der Waals surface area contributed by atoms with Crippen molar-refractivity contribution >= 4 is 5.69 Å². The third-order valence-electron chi connectivity index (χ3n) is 2.95. The molecule has 19 heavy (non-hydrogen) atoms. The summed E-state index contributed by atoms with van der Waals surface area (Å²) >= 11 is 0. The van der Waals surface area contributed by atoms with E-state index in [9.17, 15) is 0 Å². The first-order valence-electron chi connectivity index (χ1n) is 6.11. The number of benzene rings is 2. The molecule has 0 atom stereocenters. The summed E-state index contributed by atoms with van der Waals surface area (Å²) in [5, 5.41) is 12.3. The molecule has 2 rings (SSSR count). The first-order chi connectivity index (χ1) is 9.24. The van der Waals surface area contributed by atoms with Crippen LogP contribution in [0, 0.1) is 18.3 Å². The normalized spacial score (nSPS) is 9.74. The number of aryl methyl sites for hydroxylation is 1. The van der Waals surface area contributed by atoms with Crippen molar-refractivity contribution in [3.8, 4) is 11.8 Å². The SMILES string of the molecule is COc1ccc(C)cc1CNc1ccccc1C#N. The highest BCUT2D eigenvalue weighted by Gasteiger charge is 2.05. The predicted molar refractivity (Wildman–Crippen MR) is 76.2 cm³/mol. The Hall–Kier alpha value is -2.47. The van der Waals surface area contributed by atoms with E-state index in [1.54, 1.807) is 13.2 Å². The van der Waals surface area contributed by atoms with Crippen molar-refractivity contribution in [1.29, 1.82) is 5.26 Å². The Morgan fingerprint density at radius 2 is 2.00 bits per heavy atom. The van der Waals surface area contributed by atoms with Crippen molar-refractivity contribution in [1.82, 2.24) is 0 Å². The molecule has 0 aliphatic heterocycles. The minimum atomic E-state index is 0.629. The quantitative estimate of drug-likeness (QED) is 0.906. The summed E-state index contributed by atoms with van der Waals surface area (Å²) in [5.74, 6) is 0.854. The van der Waals surface area contributed by atoms with Gasteiger partial charge in [-0.1, -0.05) is 29.8 Å². The van der Waals surface area contributed by atoms with E-state index >= 15 is 0 Å². The Bertz CT molecular complexity index is 614. The lowest BCUT2D eigenvalue weighted by Crippen LogP contribution is -2.03. The van der Waals surface area contributed by atoms with Crippen LogP contribution in [0.25, 0.3) is 0 Å². The van der Waals surface area contributed by atoms with Crippen molar-refractivity contribution in [2.45, 2.75) is 13.5 Å². The number of ether oxygens (including phenoxy) is 1. The van der Waals surface area contributed by atoms with E-state index in [2.05, 4.69) is 17.5 Å². The highest BCUT2D eigenvalue weighted by Crippen LogP contribution is 2.22. The molecule has 0 aromatic heterocycles. The number of nitriles is 1. The standard InChI is InChI=1S/C16H16N2O/c1-12-7-8-16(19-2)14(9-12)11-18-15-6-4-3-5-13(15)10-17/h3-9,18H,11H2,1-2H3. The number of para-hydroxylation sites is 1. The maximum absolute atomic E-state index is 9.05. The first-order valence-corrected chi connectivity index (χ1v) is 6.11. The van der Waals surface area contributed by atoms with Gasteiger partial charge in [0.05, 0.1) is 18.4 Å². The van der Waals surface area contributed by atoms with Crippen LogP contribution in [0.5, 0.6) is 5.75 Å². The number of nitrogens with one attached hydrogen (secondary N) is 1. The second kappa shape index (κ2) is 5.92. The largest absolute Gasteiger partial charge is 0.496 e. The van der Waals surface area contributed by atoms with Gasteiger partial charge in [0.1, 0.15) is 11.8 Å². The Kier molecular flexibility index (Phi) is 4.04. The summed E-state index contributed by atoms with van der Waals surface area (Å²) < 4.78 is 5.34. The summed E-state index contributed by atoms with van der Waals surface area (Å²) in [4.78, 5) is 0. The van der Waals surface area contributed by atoms with Gasteiger partial charge >= 0.3 is 0 Å². The van der Waals surface area contributed by atoms with E-state index in [-0.39, 0.29) is 0 Å². The molecule has 0 aliphatic carbocycles. The van der Waals surface area contributed by atoms with Gasteiger partial charge in [-0.15, -0.1) is 0 Å². The fourth-order valence-corrected chi connectivity index (χ4v) is 1.97. The molecule has 2 aromatic rings. The number of hydrogen-bond acceptors (Lipinski definition) is 3. The number of methoxy groups -OCH3 is 1. The highest BCUT2D eigenvalue weighted by atomic mass is 16.5. The van der Waals surface area contributed by atoms with Crippen LogP contribution in [0.4, 0.5) is 5.69 Å². The predicted octanol–water partition coefficient (Wildman–Crippen LogP) is 3.49. The Balaban J connectivity index is 2.19. The minimum absolute atomic E-state index is 0.629. The zero-order valence-electron chi connectivity index (χ0n) is 11.1. The summed E-state index contributed by atoms with van der Waals surface area (Å²) in [5.41, 5.74) is 3.75. The lowest BCUT2D eigenvalue weighted by atomic mass is 10.1. The van der Waals surface area contributed by atoms with Crippen molar-refractivity contribution < 1.29 is 4.74 Å². The van der Waals surface area contributed by atoms with E-state index in [4.69, 9.17) is 10.00 Å². The Morgan fingerprint density at radius 3 is 2.74 bits per heavy atom. The van der Waals surface area contributed by atoms with Crippen LogP contribution in [0.15, 0.2) is 42.5 Å². The van der Waals surface area contributed by atoms with Gasteiger partial charge in [-0.3, -0.25) is 0 Å². The van der Waals surface area contributed by atoms with Gasteiger partial charge < -0.3 is 10.1 Å². The lowest BCUT2D eigenvalue weighted by Gasteiger charge is -2.12. The first kappa shape index (κ1) is 13.0. The Labute approximate surface area is 113 Å². The lowest BCUT2D eigenvalue weighted by molar-refractivity contribution is 0.410. The molecule has 1 N–H and O–H groups in total. The molecule has 0 saturated heterocycles. The summed E-state index contributed by atoms with van der Waals surface area (Å²) in [6.07, 6.45) is 0. The number of rotatable bonds is 4. The summed E-state index contributed by atoms with van der Waals surface area (Å²) in [7, 11) is 1.66. The van der Waals surface area contributed by atoms with E-state index in [0.29, 0.717) is 12.1 Å². The molecule has 0 unspecified atom stereocenters. The molecule has 0 saturated carbocycles.